The van der Waals surface area contributed by atoms with Crippen LogP contribution in [0, 0.1) is 26.7 Å². The van der Waals surface area contributed by atoms with Crippen molar-refractivity contribution in [2.45, 2.75) is 38.5 Å². The molecule has 8 aromatic rings. The third-order valence-corrected chi connectivity index (χ3v) is 10.7. The van der Waals surface area contributed by atoms with Gasteiger partial charge in [0, 0.05) is 0 Å². The molecule has 0 aliphatic heterocycles. The van der Waals surface area contributed by atoms with E-state index in [4.69, 9.17) is 0 Å². The fourth-order valence-corrected chi connectivity index (χ4v) is 7.74. The topological polar surface area (TPSA) is 0 Å². The van der Waals surface area contributed by atoms with Crippen molar-refractivity contribution >= 4 is 28.4 Å². The summed E-state index contributed by atoms with van der Waals surface area (Å²) in [4.78, 5) is 0. The van der Waals surface area contributed by atoms with Gasteiger partial charge in [-0.3, -0.25) is 0 Å². The van der Waals surface area contributed by atoms with Gasteiger partial charge in [-0.05, 0) is 61.5 Å². The van der Waals surface area contributed by atoms with E-state index in [2.05, 4.69) is 177 Å². The maximum atomic E-state index is 3.06. The third kappa shape index (κ3) is 8.94. The first kappa shape index (κ1) is 39.3. The molecule has 0 saturated heterocycles. The molecule has 2 radical (unpaired) electrons. The summed E-state index contributed by atoms with van der Waals surface area (Å²) in [5.41, 5.74) is 13.6. The Kier molecular flexibility index (Phi) is 13.3. The summed E-state index contributed by atoms with van der Waals surface area (Å²) in [6.07, 6.45) is 8.07. The number of fused-ring (bicyclic) bond motifs is 2. The minimum Gasteiger partial charge on any atom is -0.164 e. The molecular formula is C52H48SiZr-4. The Bertz CT molecular complexity index is 2050. The van der Waals surface area contributed by atoms with Gasteiger partial charge in [0.05, 0.1) is 0 Å². The largest absolute Gasteiger partial charge is 0.164 e. The van der Waals surface area contributed by atoms with Crippen molar-refractivity contribution < 1.29 is 23.3 Å². The van der Waals surface area contributed by atoms with E-state index in [0.717, 1.165) is 11.8 Å². The van der Waals surface area contributed by atoms with E-state index in [1.807, 2.05) is 0 Å². The average Bonchev–Trinajstić information content (AvgIpc) is 4.13. The van der Waals surface area contributed by atoms with Gasteiger partial charge in [-0.1, -0.05) is 179 Å². The van der Waals surface area contributed by atoms with Crippen molar-refractivity contribution in [3.05, 3.63) is 196 Å². The minimum absolute atomic E-state index is 0. The second-order valence-electron chi connectivity index (χ2n) is 14.5. The molecule has 0 N–H and O–H groups in total. The van der Waals surface area contributed by atoms with E-state index < -0.39 is 0 Å². The number of benzene rings is 6. The molecule has 2 heteroatoms. The molecule has 0 atom stereocenters. The van der Waals surface area contributed by atoms with Crippen molar-refractivity contribution in [1.82, 2.24) is 0 Å². The molecule has 10 rings (SSSR count). The van der Waals surface area contributed by atoms with Crippen LogP contribution in [0.4, 0.5) is 0 Å². The second-order valence-corrected chi connectivity index (χ2v) is 14.5. The molecule has 0 heterocycles. The summed E-state index contributed by atoms with van der Waals surface area (Å²) in [5, 5.41) is 5.57. The predicted octanol–water partition coefficient (Wildman–Crippen LogP) is 14.2. The van der Waals surface area contributed by atoms with E-state index in [-0.39, 0.29) is 14.9 Å². The van der Waals surface area contributed by atoms with Crippen LogP contribution in [0.1, 0.15) is 36.8 Å². The summed E-state index contributed by atoms with van der Waals surface area (Å²) in [5.74, 6) is 1.83. The Hall–Kier alpha value is -4.36. The van der Waals surface area contributed by atoms with E-state index in [1.54, 1.807) is 0 Å². The van der Waals surface area contributed by atoms with Crippen LogP contribution < -0.4 is 0 Å². The van der Waals surface area contributed by atoms with Gasteiger partial charge in [0.2, 0.25) is 0 Å². The Morgan fingerprint density at radius 1 is 0.407 bits per heavy atom. The fourth-order valence-electron chi connectivity index (χ4n) is 7.74. The molecule has 54 heavy (non-hydrogen) atoms. The molecular weight excluding hydrogens is 744 g/mol. The Balaban J connectivity index is 0.000000170. The van der Waals surface area contributed by atoms with Crippen molar-refractivity contribution in [3.63, 3.8) is 0 Å². The average molecular weight is 792 g/mol. The van der Waals surface area contributed by atoms with Crippen LogP contribution in [0.2, 0.25) is 0 Å². The predicted molar refractivity (Wildman–Crippen MR) is 232 cm³/mol. The molecule has 2 aliphatic rings. The third-order valence-electron chi connectivity index (χ3n) is 10.7. The van der Waals surface area contributed by atoms with Gasteiger partial charge in [0.25, 0.3) is 0 Å². The second kappa shape index (κ2) is 18.3. The minimum atomic E-state index is 0. The van der Waals surface area contributed by atoms with Gasteiger partial charge in [-0.25, -0.2) is 0 Å². The number of hydrogen-bond donors (Lipinski definition) is 0. The molecule has 0 bridgehead atoms. The van der Waals surface area contributed by atoms with Gasteiger partial charge >= 0.3 is 30.2 Å². The maximum absolute atomic E-state index is 3.06. The monoisotopic (exact) mass is 790 g/mol. The van der Waals surface area contributed by atoms with Crippen LogP contribution in [0.25, 0.3) is 66.1 Å². The van der Waals surface area contributed by atoms with Gasteiger partial charge in [-0.15, -0.1) is 44.8 Å². The van der Waals surface area contributed by atoms with Crippen molar-refractivity contribution in [2.24, 2.45) is 11.8 Å². The molecule has 0 spiro atoms. The summed E-state index contributed by atoms with van der Waals surface area (Å²) in [7, 11) is 0. The van der Waals surface area contributed by atoms with Crippen molar-refractivity contribution in [1.29, 1.82) is 0 Å². The van der Waals surface area contributed by atoms with Gasteiger partial charge in [-0.2, -0.15) is 12.1 Å². The van der Waals surface area contributed by atoms with Crippen LogP contribution in [-0.4, -0.2) is 6.88 Å². The van der Waals surface area contributed by atoms with Crippen LogP contribution in [-0.2, 0) is 36.2 Å². The van der Waals surface area contributed by atoms with Crippen molar-refractivity contribution in [2.75, 3.05) is 0 Å². The smallest absolute Gasteiger partial charge is 0.0279 e. The van der Waals surface area contributed by atoms with Crippen molar-refractivity contribution in [3.8, 4) is 44.5 Å². The van der Waals surface area contributed by atoms with Crippen LogP contribution >= 0.6 is 0 Å². The molecule has 2 aliphatic carbocycles. The molecule has 0 unspecified atom stereocenters. The molecule has 8 aromatic carbocycles. The SMILES string of the molecule is [CH3-].[CH3-].[Si]=[Zr].c1ccc(-c2ccc(-c3ccccc3)c3[cH-]c(CC4CC4)cc23)cc1.c1ccc(-c2ccc(-c3ccccc3)c3[cH-]c(CC4CC4)cc23)cc1. The summed E-state index contributed by atoms with van der Waals surface area (Å²) >= 11 is 1.36. The molecule has 0 nitrogen and oxygen atoms in total. The quantitative estimate of drug-likeness (QED) is 0.106. The van der Waals surface area contributed by atoms with Crippen LogP contribution in [0.15, 0.2) is 170 Å². The Morgan fingerprint density at radius 3 is 0.981 bits per heavy atom. The van der Waals surface area contributed by atoms with E-state index >= 15 is 0 Å². The van der Waals surface area contributed by atoms with E-state index in [0.29, 0.717) is 0 Å². The zero-order valence-corrected chi connectivity index (χ0v) is 35.0. The fraction of sp³-hybridized carbons (Fsp3) is 0.154. The first-order chi connectivity index (χ1) is 25.8. The van der Waals surface area contributed by atoms with Crippen LogP contribution in [0.3, 0.4) is 0 Å². The van der Waals surface area contributed by atoms with Crippen LogP contribution in [0.5, 0.6) is 0 Å². The van der Waals surface area contributed by atoms with E-state index in [9.17, 15) is 0 Å². The van der Waals surface area contributed by atoms with Gasteiger partial charge in [0.1, 0.15) is 0 Å². The molecule has 0 aromatic heterocycles. The maximum Gasteiger partial charge on any atom is -0.0279 e. The molecule has 268 valence electrons. The summed E-state index contributed by atoms with van der Waals surface area (Å²) < 4.78 is 0. The summed E-state index contributed by atoms with van der Waals surface area (Å²) in [6, 6.07) is 62.0. The van der Waals surface area contributed by atoms with Gasteiger partial charge in [0.15, 0.2) is 0 Å². The zero-order chi connectivity index (χ0) is 35.3. The number of rotatable bonds is 8. The molecule has 2 fully saturated rings. The Labute approximate surface area is 340 Å². The van der Waals surface area contributed by atoms with Gasteiger partial charge < -0.3 is 14.9 Å². The first-order valence-electron chi connectivity index (χ1n) is 18.7. The zero-order valence-electron chi connectivity index (χ0n) is 31.6. The number of hydrogen-bond acceptors (Lipinski definition) is 0. The molecule has 0 amide bonds. The van der Waals surface area contributed by atoms with E-state index in [1.165, 1.54) is 139 Å². The Morgan fingerprint density at radius 2 is 0.685 bits per heavy atom. The summed E-state index contributed by atoms with van der Waals surface area (Å²) in [6.45, 7) is 3.06. The normalized spacial score (nSPS) is 13.1. The molecule has 2 saturated carbocycles. The standard InChI is InChI=1S/2C25H21.2CH3.Si.Zr/c2*1-3-7-20(8-4-1)22-13-14-23(21-9-5-2-6-10-21)25-17-19(16-24(22)25)15-18-11-12-18;;;;/h2*1-10,13-14,16-18H,11-12,15H2;2*1H3;;/q4*-1;;. The first-order valence-corrected chi connectivity index (χ1v) is 22.9.